The smallest absolute Gasteiger partial charge is 0.263 e. The molecule has 0 spiro atoms. The van der Waals surface area contributed by atoms with E-state index in [0.29, 0.717) is 40.5 Å². The normalized spacial score (nSPS) is 14.6. The molecule has 1 aliphatic rings. The van der Waals surface area contributed by atoms with Gasteiger partial charge in [-0.25, -0.2) is 0 Å². The summed E-state index contributed by atoms with van der Waals surface area (Å²) in [6.45, 7) is 3.07. The largest absolute Gasteiger partial charge is 0.497 e. The average molecular weight is 510 g/mol. The van der Waals surface area contributed by atoms with Gasteiger partial charge in [0.1, 0.15) is 29.0 Å². The van der Waals surface area contributed by atoms with Crippen LogP contribution in [0.2, 0.25) is 0 Å². The van der Waals surface area contributed by atoms with E-state index in [0.717, 1.165) is 21.5 Å². The molecule has 1 fully saturated rings. The number of methoxy groups -OCH3 is 1. The molecule has 2 aromatic carbocycles. The monoisotopic (exact) mass is 509 g/mol. The van der Waals surface area contributed by atoms with E-state index in [-0.39, 0.29) is 5.91 Å². The van der Waals surface area contributed by atoms with E-state index in [4.69, 9.17) is 31.2 Å². The first-order valence-corrected chi connectivity index (χ1v) is 11.1. The lowest BCUT2D eigenvalue weighted by Gasteiger charge is -2.15. The van der Waals surface area contributed by atoms with Gasteiger partial charge in [-0.05, 0) is 70.9 Å². The summed E-state index contributed by atoms with van der Waals surface area (Å²) < 4.78 is 23.6. The van der Waals surface area contributed by atoms with E-state index in [1.165, 1.54) is 11.8 Å². The fourth-order valence-electron chi connectivity index (χ4n) is 2.62. The molecule has 30 heavy (non-hydrogen) atoms. The third-order valence-corrected chi connectivity index (χ3v) is 5.68. The molecular weight excluding hydrogens is 490 g/mol. The summed E-state index contributed by atoms with van der Waals surface area (Å²) in [5.41, 5.74) is 0.800. The van der Waals surface area contributed by atoms with Crippen molar-refractivity contribution in [3.63, 3.8) is 0 Å². The summed E-state index contributed by atoms with van der Waals surface area (Å²) in [6.07, 6.45) is 1.77. The third-order valence-electron chi connectivity index (χ3n) is 3.93. The van der Waals surface area contributed by atoms with Gasteiger partial charge < -0.3 is 24.3 Å². The SMILES string of the molecule is CCOc1cc(C=C2SC(=S)NC2=O)cc(Br)c1OCCOc1ccc(OC)cc1. The molecule has 2 aromatic rings. The van der Waals surface area contributed by atoms with Gasteiger partial charge in [0, 0.05) is 0 Å². The maximum atomic E-state index is 11.9. The van der Waals surface area contributed by atoms with E-state index in [2.05, 4.69) is 21.2 Å². The highest BCUT2D eigenvalue weighted by atomic mass is 79.9. The van der Waals surface area contributed by atoms with Crippen LogP contribution in [0, 0.1) is 0 Å². The number of thioether (sulfide) groups is 1. The van der Waals surface area contributed by atoms with Gasteiger partial charge in [-0.2, -0.15) is 0 Å². The van der Waals surface area contributed by atoms with Crippen LogP contribution in [-0.2, 0) is 4.79 Å². The number of amides is 1. The number of thiocarbonyl (C=S) groups is 1. The molecule has 158 valence electrons. The minimum atomic E-state index is -0.199. The van der Waals surface area contributed by atoms with Crippen molar-refractivity contribution in [2.24, 2.45) is 0 Å². The number of benzene rings is 2. The molecule has 0 unspecified atom stereocenters. The van der Waals surface area contributed by atoms with Gasteiger partial charge in [0.25, 0.3) is 5.91 Å². The first-order chi connectivity index (χ1) is 14.5. The lowest BCUT2D eigenvalue weighted by atomic mass is 10.2. The van der Waals surface area contributed by atoms with E-state index in [9.17, 15) is 4.79 Å². The lowest BCUT2D eigenvalue weighted by molar-refractivity contribution is -0.115. The Labute approximate surface area is 193 Å². The first-order valence-electron chi connectivity index (χ1n) is 9.11. The number of ether oxygens (including phenoxy) is 4. The van der Waals surface area contributed by atoms with Crippen molar-refractivity contribution in [3.8, 4) is 23.0 Å². The Morgan fingerprint density at radius 2 is 1.80 bits per heavy atom. The summed E-state index contributed by atoms with van der Waals surface area (Å²) in [4.78, 5) is 12.4. The first kappa shape index (κ1) is 22.5. The maximum absolute atomic E-state index is 11.9. The molecule has 9 heteroatoms. The molecule has 1 N–H and O–H groups in total. The highest BCUT2D eigenvalue weighted by Gasteiger charge is 2.22. The highest BCUT2D eigenvalue weighted by Crippen LogP contribution is 2.38. The zero-order valence-electron chi connectivity index (χ0n) is 16.4. The van der Waals surface area contributed by atoms with Crippen molar-refractivity contribution in [2.75, 3.05) is 26.9 Å². The van der Waals surface area contributed by atoms with Gasteiger partial charge >= 0.3 is 0 Å². The topological polar surface area (TPSA) is 66.0 Å². The van der Waals surface area contributed by atoms with Crippen LogP contribution in [0.1, 0.15) is 12.5 Å². The second kappa shape index (κ2) is 10.7. The summed E-state index contributed by atoms with van der Waals surface area (Å²) >= 11 is 9.80. The molecule has 0 radical (unpaired) electrons. The Bertz CT molecular complexity index is 963. The third kappa shape index (κ3) is 5.90. The molecule has 0 bridgehead atoms. The predicted molar refractivity (Wildman–Crippen MR) is 126 cm³/mol. The Morgan fingerprint density at radius 3 is 2.43 bits per heavy atom. The number of hydrogen-bond donors (Lipinski definition) is 1. The Hall–Kier alpha value is -2.23. The standard InChI is InChI=1S/C21H20BrNO5S2/c1-3-26-17-11-13(12-18-20(24)23-21(29)30-18)10-16(22)19(17)28-9-8-27-15-6-4-14(25-2)5-7-15/h4-7,10-12H,3,8-9H2,1-2H3,(H,23,24,29). The van der Waals surface area contributed by atoms with Crippen LogP contribution in [0.4, 0.5) is 0 Å². The van der Waals surface area contributed by atoms with E-state index >= 15 is 0 Å². The molecule has 1 amide bonds. The lowest BCUT2D eigenvalue weighted by Crippen LogP contribution is -2.17. The molecule has 0 saturated carbocycles. The number of rotatable bonds is 9. The van der Waals surface area contributed by atoms with Crippen LogP contribution in [0.25, 0.3) is 6.08 Å². The van der Waals surface area contributed by atoms with Crippen molar-refractivity contribution in [3.05, 3.63) is 51.3 Å². The Balaban J connectivity index is 1.67. The molecule has 6 nitrogen and oxygen atoms in total. The van der Waals surface area contributed by atoms with Crippen LogP contribution in [-0.4, -0.2) is 37.2 Å². The number of carbonyl (C=O) groups is 1. The number of hydrogen-bond acceptors (Lipinski definition) is 7. The van der Waals surface area contributed by atoms with Crippen LogP contribution in [0.5, 0.6) is 23.0 Å². The Morgan fingerprint density at radius 1 is 1.10 bits per heavy atom. The molecule has 0 atom stereocenters. The number of carbonyl (C=O) groups excluding carboxylic acids is 1. The molecule has 1 heterocycles. The van der Waals surface area contributed by atoms with E-state index < -0.39 is 0 Å². The zero-order chi connectivity index (χ0) is 21.5. The van der Waals surface area contributed by atoms with E-state index in [1.54, 1.807) is 13.2 Å². The number of nitrogens with one attached hydrogen (secondary N) is 1. The Kier molecular flexibility index (Phi) is 8.01. The van der Waals surface area contributed by atoms with Crippen LogP contribution < -0.4 is 24.3 Å². The fraction of sp³-hybridized carbons (Fsp3) is 0.238. The molecule has 3 rings (SSSR count). The van der Waals surface area contributed by atoms with Gasteiger partial charge in [0.15, 0.2) is 11.5 Å². The predicted octanol–water partition coefficient (Wildman–Crippen LogP) is 4.80. The molecule has 0 aliphatic carbocycles. The van der Waals surface area contributed by atoms with Crippen molar-refractivity contribution >= 4 is 56.2 Å². The molecule has 0 aromatic heterocycles. The summed E-state index contributed by atoms with van der Waals surface area (Å²) in [7, 11) is 1.62. The number of halogens is 1. The zero-order valence-corrected chi connectivity index (χ0v) is 19.6. The van der Waals surface area contributed by atoms with Crippen molar-refractivity contribution in [1.29, 1.82) is 0 Å². The quantitative estimate of drug-likeness (QED) is 0.295. The second-order valence-corrected chi connectivity index (χ2v) is 8.56. The maximum Gasteiger partial charge on any atom is 0.263 e. The van der Waals surface area contributed by atoms with Crippen molar-refractivity contribution in [1.82, 2.24) is 5.32 Å². The van der Waals surface area contributed by atoms with Gasteiger partial charge in [-0.1, -0.05) is 24.0 Å². The molecular formula is C21H20BrNO5S2. The summed E-state index contributed by atoms with van der Waals surface area (Å²) in [5.74, 6) is 2.46. The molecule has 1 saturated heterocycles. The minimum Gasteiger partial charge on any atom is -0.497 e. The summed E-state index contributed by atoms with van der Waals surface area (Å²) in [6, 6.07) is 11.0. The van der Waals surface area contributed by atoms with Crippen LogP contribution >= 0.6 is 39.9 Å². The van der Waals surface area contributed by atoms with Gasteiger partial charge in [0.2, 0.25) is 0 Å². The minimum absolute atomic E-state index is 0.199. The van der Waals surface area contributed by atoms with Gasteiger partial charge in [-0.3, -0.25) is 4.79 Å². The average Bonchev–Trinajstić information content (AvgIpc) is 3.04. The fourth-order valence-corrected chi connectivity index (χ4v) is 4.24. The van der Waals surface area contributed by atoms with Crippen molar-refractivity contribution in [2.45, 2.75) is 6.92 Å². The molecule has 1 aliphatic heterocycles. The van der Waals surface area contributed by atoms with Crippen LogP contribution in [0.3, 0.4) is 0 Å². The summed E-state index contributed by atoms with van der Waals surface area (Å²) in [5, 5.41) is 2.61. The van der Waals surface area contributed by atoms with E-state index in [1.807, 2.05) is 43.3 Å². The van der Waals surface area contributed by atoms with Gasteiger partial charge in [-0.15, -0.1) is 0 Å². The second-order valence-electron chi connectivity index (χ2n) is 5.99. The van der Waals surface area contributed by atoms with Crippen LogP contribution in [0.15, 0.2) is 45.8 Å². The van der Waals surface area contributed by atoms with Crippen molar-refractivity contribution < 1.29 is 23.7 Å². The highest BCUT2D eigenvalue weighted by molar-refractivity contribution is 9.10. The van der Waals surface area contributed by atoms with Gasteiger partial charge in [0.05, 0.1) is 23.1 Å².